The van der Waals surface area contributed by atoms with Crippen molar-refractivity contribution < 1.29 is 9.50 Å². The second-order valence-electron chi connectivity index (χ2n) is 4.51. The molecule has 1 aromatic rings. The number of halogens is 1. The zero-order valence-electron chi connectivity index (χ0n) is 9.62. The summed E-state index contributed by atoms with van der Waals surface area (Å²) in [6.07, 6.45) is 2.44. The van der Waals surface area contributed by atoms with Crippen LogP contribution in [0.4, 0.5) is 4.39 Å². The van der Waals surface area contributed by atoms with Gasteiger partial charge in [0, 0.05) is 19.1 Å². The second kappa shape index (κ2) is 4.93. The summed E-state index contributed by atoms with van der Waals surface area (Å²) in [5, 5.41) is 8.99. The Hall–Kier alpha value is -0.930. The van der Waals surface area contributed by atoms with Crippen LogP contribution < -0.4 is 0 Å². The van der Waals surface area contributed by atoms with Gasteiger partial charge in [-0.3, -0.25) is 4.90 Å². The smallest absolute Gasteiger partial charge is 0.126 e. The molecule has 1 aliphatic carbocycles. The lowest BCUT2D eigenvalue weighted by Crippen LogP contribution is -2.28. The SMILES string of the molecule is Cc1cc(CN(CCO)C2CC2)ccc1F. The van der Waals surface area contributed by atoms with Gasteiger partial charge < -0.3 is 5.11 Å². The van der Waals surface area contributed by atoms with Gasteiger partial charge in [-0.25, -0.2) is 4.39 Å². The average molecular weight is 223 g/mol. The predicted octanol–water partition coefficient (Wildman–Crippen LogP) is 2.09. The molecule has 1 fully saturated rings. The van der Waals surface area contributed by atoms with E-state index in [4.69, 9.17) is 5.11 Å². The highest BCUT2D eigenvalue weighted by atomic mass is 19.1. The molecule has 16 heavy (non-hydrogen) atoms. The number of hydrogen-bond donors (Lipinski definition) is 1. The van der Waals surface area contributed by atoms with Crippen molar-refractivity contribution in [1.82, 2.24) is 4.90 Å². The number of benzene rings is 1. The summed E-state index contributed by atoms with van der Waals surface area (Å²) in [6, 6.07) is 5.86. The van der Waals surface area contributed by atoms with Crippen LogP contribution in [0.25, 0.3) is 0 Å². The molecule has 0 spiro atoms. The molecule has 0 aromatic heterocycles. The van der Waals surface area contributed by atoms with Gasteiger partial charge in [0.15, 0.2) is 0 Å². The van der Waals surface area contributed by atoms with Crippen LogP contribution >= 0.6 is 0 Å². The maximum absolute atomic E-state index is 13.1. The van der Waals surface area contributed by atoms with E-state index in [1.54, 1.807) is 6.92 Å². The van der Waals surface area contributed by atoms with Gasteiger partial charge in [-0.1, -0.05) is 12.1 Å². The van der Waals surface area contributed by atoms with E-state index in [1.807, 2.05) is 12.1 Å². The Bertz CT molecular complexity index is 363. The Kier molecular flexibility index (Phi) is 3.56. The summed E-state index contributed by atoms with van der Waals surface area (Å²) in [4.78, 5) is 2.27. The van der Waals surface area contributed by atoms with E-state index < -0.39 is 0 Å². The number of aliphatic hydroxyl groups excluding tert-OH is 1. The van der Waals surface area contributed by atoms with Crippen LogP contribution in [0.5, 0.6) is 0 Å². The van der Waals surface area contributed by atoms with Crippen LogP contribution in [0.1, 0.15) is 24.0 Å². The van der Waals surface area contributed by atoms with E-state index in [0.717, 1.165) is 12.1 Å². The molecule has 0 bridgehead atoms. The number of nitrogens with zero attached hydrogens (tertiary/aromatic N) is 1. The van der Waals surface area contributed by atoms with Crippen molar-refractivity contribution >= 4 is 0 Å². The van der Waals surface area contributed by atoms with E-state index in [2.05, 4.69) is 4.90 Å². The summed E-state index contributed by atoms with van der Waals surface area (Å²) < 4.78 is 13.1. The molecule has 0 unspecified atom stereocenters. The monoisotopic (exact) mass is 223 g/mol. The first kappa shape index (κ1) is 11.6. The lowest BCUT2D eigenvalue weighted by Gasteiger charge is -2.21. The Balaban J connectivity index is 2.03. The lowest BCUT2D eigenvalue weighted by molar-refractivity contribution is 0.183. The fourth-order valence-corrected chi connectivity index (χ4v) is 2.00. The summed E-state index contributed by atoms with van der Waals surface area (Å²) in [6.45, 7) is 3.50. The third kappa shape index (κ3) is 2.80. The van der Waals surface area contributed by atoms with Gasteiger partial charge in [0.25, 0.3) is 0 Å². The van der Waals surface area contributed by atoms with Crippen LogP contribution in [0.2, 0.25) is 0 Å². The Labute approximate surface area is 95.7 Å². The Morgan fingerprint density at radius 3 is 2.75 bits per heavy atom. The van der Waals surface area contributed by atoms with Crippen molar-refractivity contribution in [2.75, 3.05) is 13.2 Å². The van der Waals surface area contributed by atoms with Gasteiger partial charge >= 0.3 is 0 Å². The molecular formula is C13H18FNO. The minimum absolute atomic E-state index is 0.149. The molecule has 0 saturated heterocycles. The molecule has 3 heteroatoms. The fraction of sp³-hybridized carbons (Fsp3) is 0.538. The van der Waals surface area contributed by atoms with Crippen LogP contribution in [-0.4, -0.2) is 29.2 Å². The molecule has 88 valence electrons. The number of aryl methyl sites for hydroxylation is 1. The van der Waals surface area contributed by atoms with Crippen molar-refractivity contribution in [1.29, 1.82) is 0 Å². The standard InChI is InChI=1S/C13H18FNO/c1-10-8-11(2-5-13(10)14)9-15(6-7-16)12-3-4-12/h2,5,8,12,16H,3-4,6-7,9H2,1H3. The zero-order chi connectivity index (χ0) is 11.5. The Morgan fingerprint density at radius 1 is 1.44 bits per heavy atom. The van der Waals surface area contributed by atoms with Gasteiger partial charge in [0.1, 0.15) is 5.82 Å². The summed E-state index contributed by atoms with van der Waals surface area (Å²) in [5.41, 5.74) is 1.82. The van der Waals surface area contributed by atoms with Gasteiger partial charge in [-0.15, -0.1) is 0 Å². The number of rotatable bonds is 5. The first-order valence-electron chi connectivity index (χ1n) is 5.80. The molecule has 1 aliphatic rings. The summed E-state index contributed by atoms with van der Waals surface area (Å²) in [7, 11) is 0. The second-order valence-corrected chi connectivity index (χ2v) is 4.51. The molecule has 1 N–H and O–H groups in total. The molecule has 0 heterocycles. The fourth-order valence-electron chi connectivity index (χ4n) is 2.00. The zero-order valence-corrected chi connectivity index (χ0v) is 9.62. The van der Waals surface area contributed by atoms with E-state index in [9.17, 15) is 4.39 Å². The van der Waals surface area contributed by atoms with E-state index in [0.29, 0.717) is 18.2 Å². The van der Waals surface area contributed by atoms with E-state index in [-0.39, 0.29) is 12.4 Å². The van der Waals surface area contributed by atoms with E-state index in [1.165, 1.54) is 18.9 Å². The molecular weight excluding hydrogens is 205 g/mol. The summed E-state index contributed by atoms with van der Waals surface area (Å²) in [5.74, 6) is -0.149. The van der Waals surface area contributed by atoms with Crippen molar-refractivity contribution in [2.24, 2.45) is 0 Å². The molecule has 0 amide bonds. The van der Waals surface area contributed by atoms with Gasteiger partial charge in [-0.2, -0.15) is 0 Å². The van der Waals surface area contributed by atoms with Crippen LogP contribution in [0.15, 0.2) is 18.2 Å². The molecule has 1 saturated carbocycles. The minimum Gasteiger partial charge on any atom is -0.395 e. The van der Waals surface area contributed by atoms with Crippen LogP contribution in [0, 0.1) is 12.7 Å². The highest BCUT2D eigenvalue weighted by Gasteiger charge is 2.28. The largest absolute Gasteiger partial charge is 0.395 e. The van der Waals surface area contributed by atoms with Gasteiger partial charge in [0.2, 0.25) is 0 Å². The van der Waals surface area contributed by atoms with E-state index >= 15 is 0 Å². The molecule has 0 atom stereocenters. The van der Waals surface area contributed by atoms with Crippen molar-refractivity contribution in [3.8, 4) is 0 Å². The topological polar surface area (TPSA) is 23.5 Å². The quantitative estimate of drug-likeness (QED) is 0.826. The molecule has 2 nitrogen and oxygen atoms in total. The van der Waals surface area contributed by atoms with Crippen molar-refractivity contribution in [2.45, 2.75) is 32.4 Å². The number of hydrogen-bond acceptors (Lipinski definition) is 2. The third-order valence-corrected chi connectivity index (χ3v) is 3.06. The van der Waals surface area contributed by atoms with Crippen molar-refractivity contribution in [3.05, 3.63) is 35.1 Å². The highest BCUT2D eigenvalue weighted by molar-refractivity contribution is 5.24. The maximum atomic E-state index is 13.1. The average Bonchev–Trinajstić information content (AvgIpc) is 3.06. The summed E-state index contributed by atoms with van der Waals surface area (Å²) >= 11 is 0. The molecule has 1 aromatic carbocycles. The number of aliphatic hydroxyl groups is 1. The Morgan fingerprint density at radius 2 is 2.19 bits per heavy atom. The molecule has 0 aliphatic heterocycles. The maximum Gasteiger partial charge on any atom is 0.126 e. The van der Waals surface area contributed by atoms with Crippen molar-refractivity contribution in [3.63, 3.8) is 0 Å². The molecule has 0 radical (unpaired) electrons. The lowest BCUT2D eigenvalue weighted by atomic mass is 10.1. The minimum atomic E-state index is -0.149. The predicted molar refractivity (Wildman–Crippen MR) is 61.7 cm³/mol. The molecule has 2 rings (SSSR count). The first-order chi connectivity index (χ1) is 7.70. The van der Waals surface area contributed by atoms with Gasteiger partial charge in [0.05, 0.1) is 6.61 Å². The third-order valence-electron chi connectivity index (χ3n) is 3.06. The normalized spacial score (nSPS) is 15.8. The van der Waals surface area contributed by atoms with Gasteiger partial charge in [-0.05, 0) is 37.0 Å². The highest BCUT2D eigenvalue weighted by Crippen LogP contribution is 2.28. The first-order valence-corrected chi connectivity index (χ1v) is 5.80. The van der Waals surface area contributed by atoms with Crippen LogP contribution in [-0.2, 0) is 6.54 Å². The van der Waals surface area contributed by atoms with Crippen LogP contribution in [0.3, 0.4) is 0 Å².